The molecule has 0 aliphatic carbocycles. The number of para-hydroxylation sites is 1. The number of aryl methyl sites for hydroxylation is 1. The van der Waals surface area contributed by atoms with Crippen LogP contribution in [0.1, 0.15) is 56.2 Å². The van der Waals surface area contributed by atoms with Crippen molar-refractivity contribution in [3.63, 3.8) is 0 Å². The Morgan fingerprint density at radius 1 is 1.00 bits per heavy atom. The molecule has 2 heterocycles. The van der Waals surface area contributed by atoms with Crippen LogP contribution in [0, 0.1) is 0 Å². The van der Waals surface area contributed by atoms with Crippen molar-refractivity contribution in [1.29, 1.82) is 0 Å². The van der Waals surface area contributed by atoms with Gasteiger partial charge >= 0.3 is 0 Å². The molecular formula is C23H33N3O2. The van der Waals surface area contributed by atoms with Gasteiger partial charge in [-0.1, -0.05) is 45.9 Å². The first-order valence-electron chi connectivity index (χ1n) is 9.79. The Morgan fingerprint density at radius 3 is 2.14 bits per heavy atom. The second-order valence-corrected chi connectivity index (χ2v) is 6.31. The number of hydrogen-bond donors (Lipinski definition) is 0. The number of rotatable bonds is 2. The van der Waals surface area contributed by atoms with Gasteiger partial charge in [0.25, 0.3) is 11.8 Å². The molecule has 1 aliphatic heterocycles. The molecular weight excluding hydrogens is 350 g/mol. The lowest BCUT2D eigenvalue weighted by atomic mass is 10.00. The minimum Gasteiger partial charge on any atom is -0.350 e. The minimum atomic E-state index is -0.0510. The summed E-state index contributed by atoms with van der Waals surface area (Å²) in [4.78, 5) is 28.1. The molecule has 5 heteroatoms. The molecule has 0 fully saturated rings. The summed E-state index contributed by atoms with van der Waals surface area (Å²) in [7, 11) is 7.13. The van der Waals surface area contributed by atoms with Gasteiger partial charge in [-0.25, -0.2) is 0 Å². The van der Waals surface area contributed by atoms with Gasteiger partial charge in [0.1, 0.15) is 0 Å². The molecule has 0 saturated heterocycles. The van der Waals surface area contributed by atoms with Crippen LogP contribution in [0.25, 0.3) is 11.1 Å². The van der Waals surface area contributed by atoms with Crippen LogP contribution < -0.4 is 4.90 Å². The number of anilines is 1. The minimum absolute atomic E-state index is 0.0182. The summed E-state index contributed by atoms with van der Waals surface area (Å²) < 4.78 is 1.90. The Labute approximate surface area is 169 Å². The Hall–Kier alpha value is -2.82. The highest BCUT2D eigenvalue weighted by atomic mass is 16.2. The van der Waals surface area contributed by atoms with E-state index >= 15 is 0 Å². The van der Waals surface area contributed by atoms with Crippen molar-refractivity contribution in [2.75, 3.05) is 26.0 Å². The highest BCUT2D eigenvalue weighted by Crippen LogP contribution is 2.39. The van der Waals surface area contributed by atoms with Crippen molar-refractivity contribution in [3.05, 3.63) is 53.3 Å². The van der Waals surface area contributed by atoms with Gasteiger partial charge in [0.05, 0.1) is 16.8 Å². The molecule has 0 unspecified atom stereocenters. The van der Waals surface area contributed by atoms with Crippen LogP contribution >= 0.6 is 0 Å². The number of hydrogen-bond acceptors (Lipinski definition) is 2. The largest absolute Gasteiger partial charge is 0.350 e. The molecule has 1 aromatic heterocycles. The maximum Gasteiger partial charge on any atom is 0.259 e. The zero-order valence-corrected chi connectivity index (χ0v) is 18.6. The van der Waals surface area contributed by atoms with Crippen molar-refractivity contribution in [3.8, 4) is 0 Å². The Balaban J connectivity index is 0.000000921. The monoisotopic (exact) mass is 383 g/mol. The van der Waals surface area contributed by atoms with Crippen molar-refractivity contribution >= 4 is 28.6 Å². The highest BCUT2D eigenvalue weighted by molar-refractivity contribution is 6.37. The van der Waals surface area contributed by atoms with Gasteiger partial charge in [0.15, 0.2) is 0 Å². The average molecular weight is 384 g/mol. The van der Waals surface area contributed by atoms with E-state index in [9.17, 15) is 9.59 Å². The highest BCUT2D eigenvalue weighted by Gasteiger charge is 2.31. The summed E-state index contributed by atoms with van der Waals surface area (Å²) >= 11 is 0. The van der Waals surface area contributed by atoms with Crippen LogP contribution in [0.15, 0.2) is 36.5 Å². The molecule has 1 aliphatic rings. The van der Waals surface area contributed by atoms with E-state index in [-0.39, 0.29) is 11.8 Å². The summed E-state index contributed by atoms with van der Waals surface area (Å²) in [5.74, 6) is -0.0692. The fourth-order valence-corrected chi connectivity index (χ4v) is 3.17. The number of amides is 2. The van der Waals surface area contributed by atoms with Crippen LogP contribution in [0.5, 0.6) is 0 Å². The van der Waals surface area contributed by atoms with Gasteiger partial charge in [-0.2, -0.15) is 0 Å². The summed E-state index contributed by atoms with van der Waals surface area (Å²) in [6, 6.07) is 9.62. The standard InChI is InChI=1S/C19H21N3O2.2C2H6/c1-12(16-10-13(11-21(16)4)18(23)20(2)3)17-14-8-6-7-9-15(14)22(5)19(17)24;2*1-2/h6-11H,1-5H3;2*1-2H3/b17-12-;;. The zero-order chi connectivity index (χ0) is 21.6. The number of benzene rings is 1. The number of likely N-dealkylation sites (N-methyl/N-ethyl adjacent to an activating group) is 1. The smallest absolute Gasteiger partial charge is 0.259 e. The summed E-state index contributed by atoms with van der Waals surface area (Å²) in [5.41, 5.74) is 4.90. The molecule has 0 saturated carbocycles. The molecule has 5 nitrogen and oxygen atoms in total. The second-order valence-electron chi connectivity index (χ2n) is 6.31. The number of carbonyl (C=O) groups excluding carboxylic acids is 2. The van der Waals surface area contributed by atoms with Gasteiger partial charge in [0, 0.05) is 45.6 Å². The lowest BCUT2D eigenvalue weighted by molar-refractivity contribution is -0.112. The molecule has 3 rings (SSSR count). The van der Waals surface area contributed by atoms with Crippen molar-refractivity contribution in [1.82, 2.24) is 9.47 Å². The number of nitrogens with zero attached hydrogens (tertiary/aromatic N) is 3. The lowest BCUT2D eigenvalue weighted by Gasteiger charge is -2.09. The fraction of sp³-hybridized carbons (Fsp3) is 0.391. The molecule has 28 heavy (non-hydrogen) atoms. The van der Waals surface area contributed by atoms with Gasteiger partial charge in [-0.15, -0.1) is 0 Å². The Morgan fingerprint density at radius 2 is 1.57 bits per heavy atom. The Kier molecular flexibility index (Phi) is 8.23. The molecule has 0 radical (unpaired) electrons. The average Bonchev–Trinajstić information content (AvgIpc) is 3.22. The van der Waals surface area contributed by atoms with E-state index in [0.29, 0.717) is 11.1 Å². The quantitative estimate of drug-likeness (QED) is 0.707. The van der Waals surface area contributed by atoms with Crippen LogP contribution in [0.3, 0.4) is 0 Å². The topological polar surface area (TPSA) is 45.6 Å². The van der Waals surface area contributed by atoms with Crippen LogP contribution in [-0.4, -0.2) is 42.4 Å². The van der Waals surface area contributed by atoms with E-state index in [1.807, 2.05) is 76.6 Å². The van der Waals surface area contributed by atoms with Gasteiger partial charge < -0.3 is 14.4 Å². The molecule has 2 aromatic rings. The number of fused-ring (bicyclic) bond motifs is 1. The predicted octanol–water partition coefficient (Wildman–Crippen LogP) is 4.69. The van der Waals surface area contributed by atoms with E-state index in [0.717, 1.165) is 22.5 Å². The van der Waals surface area contributed by atoms with Gasteiger partial charge in [-0.3, -0.25) is 9.59 Å². The first kappa shape index (κ1) is 23.2. The molecule has 1 aromatic carbocycles. The molecule has 0 N–H and O–H groups in total. The van der Waals surface area contributed by atoms with E-state index in [1.165, 1.54) is 0 Å². The van der Waals surface area contributed by atoms with E-state index in [4.69, 9.17) is 0 Å². The van der Waals surface area contributed by atoms with E-state index in [1.54, 1.807) is 37.1 Å². The molecule has 0 atom stereocenters. The van der Waals surface area contributed by atoms with Gasteiger partial charge in [-0.05, 0) is 24.6 Å². The summed E-state index contributed by atoms with van der Waals surface area (Å²) in [6.45, 7) is 9.93. The van der Waals surface area contributed by atoms with Crippen molar-refractivity contribution in [2.24, 2.45) is 7.05 Å². The number of carbonyl (C=O) groups is 2. The maximum absolute atomic E-state index is 12.7. The molecule has 2 amide bonds. The molecule has 0 spiro atoms. The first-order valence-corrected chi connectivity index (χ1v) is 9.79. The zero-order valence-electron chi connectivity index (χ0n) is 18.6. The lowest BCUT2D eigenvalue weighted by Crippen LogP contribution is -2.21. The maximum atomic E-state index is 12.7. The SMILES string of the molecule is C/C(=C1/C(=O)N(C)c2ccccc21)c1cc(C(=O)N(C)C)cn1C.CC.CC. The number of allylic oxidation sites excluding steroid dienone is 1. The fourth-order valence-electron chi connectivity index (χ4n) is 3.17. The van der Waals surface area contributed by atoms with E-state index < -0.39 is 0 Å². The third kappa shape index (κ3) is 4.19. The summed E-state index contributed by atoms with van der Waals surface area (Å²) in [6.07, 6.45) is 1.80. The van der Waals surface area contributed by atoms with Crippen LogP contribution in [-0.2, 0) is 11.8 Å². The Bertz CT molecular complexity index is 876. The van der Waals surface area contributed by atoms with Gasteiger partial charge in [0.2, 0.25) is 0 Å². The number of aromatic nitrogens is 1. The predicted molar refractivity (Wildman–Crippen MR) is 118 cm³/mol. The van der Waals surface area contributed by atoms with Crippen LogP contribution in [0.2, 0.25) is 0 Å². The second kappa shape index (κ2) is 9.93. The van der Waals surface area contributed by atoms with Crippen molar-refractivity contribution in [2.45, 2.75) is 34.6 Å². The third-order valence-corrected chi connectivity index (χ3v) is 4.47. The first-order chi connectivity index (χ1) is 13.3. The normalized spacial score (nSPS) is 13.8. The third-order valence-electron chi connectivity index (χ3n) is 4.47. The molecule has 0 bridgehead atoms. The molecule has 152 valence electrons. The summed E-state index contributed by atoms with van der Waals surface area (Å²) in [5, 5.41) is 0. The van der Waals surface area contributed by atoms with Crippen LogP contribution in [0.4, 0.5) is 5.69 Å². The van der Waals surface area contributed by atoms with E-state index in [2.05, 4.69) is 0 Å². The van der Waals surface area contributed by atoms with Crippen molar-refractivity contribution < 1.29 is 9.59 Å².